The van der Waals surface area contributed by atoms with Crippen LogP contribution in [0.4, 0.5) is 0 Å². The second-order valence-corrected chi connectivity index (χ2v) is 8.63. The van der Waals surface area contributed by atoms with Crippen LogP contribution in [0.5, 0.6) is 0 Å². The van der Waals surface area contributed by atoms with E-state index in [-0.39, 0.29) is 0 Å². The number of H-pyrrole nitrogens is 1. The monoisotopic (exact) mass is 375 g/mol. The van der Waals surface area contributed by atoms with Gasteiger partial charge in [-0.2, -0.15) is 0 Å². The van der Waals surface area contributed by atoms with Crippen molar-refractivity contribution in [3.05, 3.63) is 88.6 Å². The summed E-state index contributed by atoms with van der Waals surface area (Å²) in [5, 5.41) is 4.14. The van der Waals surface area contributed by atoms with Gasteiger partial charge in [-0.05, 0) is 84.2 Å². The Morgan fingerprint density at radius 3 is 2.69 bits per heavy atom. The molecule has 29 heavy (non-hydrogen) atoms. The molecule has 3 aromatic carbocycles. The zero-order chi connectivity index (χ0) is 19.5. The van der Waals surface area contributed by atoms with Crippen molar-refractivity contribution >= 4 is 27.2 Å². The summed E-state index contributed by atoms with van der Waals surface area (Å²) in [5.74, 6) is 0. The molecule has 0 saturated carbocycles. The average molecular weight is 376 g/mol. The number of aryl methyl sites for hydroxylation is 3. The Hall–Kier alpha value is -3.06. The van der Waals surface area contributed by atoms with Crippen LogP contribution < -0.4 is 0 Å². The highest BCUT2D eigenvalue weighted by Crippen LogP contribution is 2.44. The van der Waals surface area contributed by atoms with Gasteiger partial charge in [-0.25, -0.2) is 0 Å². The van der Waals surface area contributed by atoms with Crippen LogP contribution in [0.25, 0.3) is 38.4 Å². The zero-order valence-electron chi connectivity index (χ0n) is 17.1. The molecule has 0 fully saturated rings. The van der Waals surface area contributed by atoms with Gasteiger partial charge in [0.1, 0.15) is 0 Å². The maximum absolute atomic E-state index is 3.61. The maximum atomic E-state index is 3.61. The molecule has 1 heteroatoms. The van der Waals surface area contributed by atoms with Crippen LogP contribution in [0.2, 0.25) is 0 Å². The fraction of sp³-hybridized carbons (Fsp3) is 0.214. The molecule has 2 aliphatic rings. The van der Waals surface area contributed by atoms with Gasteiger partial charge in [-0.1, -0.05) is 60.2 Å². The molecule has 0 amide bonds. The lowest BCUT2D eigenvalue weighted by molar-refractivity contribution is 0.831. The molecule has 1 heterocycles. The van der Waals surface area contributed by atoms with E-state index in [4.69, 9.17) is 0 Å². The molecule has 0 unspecified atom stereocenters. The van der Waals surface area contributed by atoms with Crippen molar-refractivity contribution in [1.29, 1.82) is 0 Å². The predicted molar refractivity (Wildman–Crippen MR) is 124 cm³/mol. The molecule has 142 valence electrons. The first-order chi connectivity index (χ1) is 14.2. The SMILES string of the molecule is Cc1cc(-c2c(C)[nH]c3ccccc23)c2c3c(ccc2c1)C1=C(CCC=C1)CC3. The second-order valence-electron chi connectivity index (χ2n) is 8.63. The van der Waals surface area contributed by atoms with Crippen molar-refractivity contribution < 1.29 is 0 Å². The van der Waals surface area contributed by atoms with E-state index in [2.05, 4.69) is 79.5 Å². The Balaban J connectivity index is 1.73. The molecule has 1 aromatic heterocycles. The lowest BCUT2D eigenvalue weighted by atomic mass is 9.78. The average Bonchev–Trinajstić information content (AvgIpc) is 3.08. The number of hydrogen-bond donors (Lipinski definition) is 1. The van der Waals surface area contributed by atoms with Crippen molar-refractivity contribution in [2.24, 2.45) is 0 Å². The number of allylic oxidation sites excluding steroid dienone is 4. The van der Waals surface area contributed by atoms with Gasteiger partial charge in [0.25, 0.3) is 0 Å². The molecule has 4 aromatic rings. The third-order valence-corrected chi connectivity index (χ3v) is 6.78. The minimum absolute atomic E-state index is 1.15. The van der Waals surface area contributed by atoms with Gasteiger partial charge in [0, 0.05) is 22.2 Å². The molecule has 0 saturated heterocycles. The first-order valence-electron chi connectivity index (χ1n) is 10.7. The quantitative estimate of drug-likeness (QED) is 0.351. The van der Waals surface area contributed by atoms with E-state index in [0.29, 0.717) is 0 Å². The van der Waals surface area contributed by atoms with Crippen LogP contribution in [0.3, 0.4) is 0 Å². The van der Waals surface area contributed by atoms with Crippen molar-refractivity contribution in [3.63, 3.8) is 0 Å². The first kappa shape index (κ1) is 16.9. The van der Waals surface area contributed by atoms with Gasteiger partial charge in [0.05, 0.1) is 0 Å². The van der Waals surface area contributed by atoms with E-state index >= 15 is 0 Å². The van der Waals surface area contributed by atoms with Gasteiger partial charge < -0.3 is 4.98 Å². The van der Waals surface area contributed by atoms with Gasteiger partial charge in [-0.3, -0.25) is 0 Å². The normalized spacial score (nSPS) is 15.8. The van der Waals surface area contributed by atoms with Gasteiger partial charge in [0.15, 0.2) is 0 Å². The highest BCUT2D eigenvalue weighted by atomic mass is 14.7. The molecule has 1 N–H and O–H groups in total. The van der Waals surface area contributed by atoms with Crippen LogP contribution in [0.15, 0.2) is 66.3 Å². The second kappa shape index (κ2) is 6.22. The summed E-state index contributed by atoms with van der Waals surface area (Å²) in [6.07, 6.45) is 9.49. The van der Waals surface area contributed by atoms with E-state index in [1.54, 1.807) is 5.57 Å². The number of para-hydroxylation sites is 1. The molecule has 0 atom stereocenters. The summed E-state index contributed by atoms with van der Waals surface area (Å²) in [6.45, 7) is 4.43. The topological polar surface area (TPSA) is 15.8 Å². The van der Waals surface area contributed by atoms with Crippen LogP contribution in [-0.4, -0.2) is 4.98 Å². The summed E-state index contributed by atoms with van der Waals surface area (Å²) in [6, 6.07) is 18.2. The van der Waals surface area contributed by atoms with Crippen LogP contribution in [0.1, 0.15) is 41.6 Å². The predicted octanol–water partition coefficient (Wildman–Crippen LogP) is 7.65. The summed E-state index contributed by atoms with van der Waals surface area (Å²) >= 11 is 0. The number of rotatable bonds is 1. The minimum atomic E-state index is 1.15. The van der Waals surface area contributed by atoms with Crippen molar-refractivity contribution in [2.75, 3.05) is 0 Å². The Bertz CT molecular complexity index is 1360. The Kier molecular flexibility index (Phi) is 3.61. The van der Waals surface area contributed by atoms with Crippen LogP contribution in [-0.2, 0) is 6.42 Å². The van der Waals surface area contributed by atoms with Crippen LogP contribution in [0, 0.1) is 13.8 Å². The zero-order valence-corrected chi connectivity index (χ0v) is 17.1. The number of benzene rings is 3. The molecule has 0 radical (unpaired) electrons. The van der Waals surface area contributed by atoms with E-state index in [1.807, 2.05) is 0 Å². The summed E-state index contributed by atoms with van der Waals surface area (Å²) < 4.78 is 0. The first-order valence-corrected chi connectivity index (χ1v) is 10.7. The highest BCUT2D eigenvalue weighted by molar-refractivity contribution is 6.09. The molecule has 0 aliphatic heterocycles. The molecule has 2 aliphatic carbocycles. The number of aromatic nitrogens is 1. The number of fused-ring (bicyclic) bond motifs is 5. The van der Waals surface area contributed by atoms with Gasteiger partial charge in [0.2, 0.25) is 0 Å². The largest absolute Gasteiger partial charge is 0.358 e. The molecule has 0 bridgehead atoms. The Labute approximate surface area is 171 Å². The standard InChI is InChI=1S/C28H25N/c1-17-15-20-12-13-22-21-8-4-3-7-19(21)11-14-23(22)28(20)25(16-17)27-18(2)29-26-10-6-5-9-24(26)27/h4-6,8-10,12-13,15-16,29H,3,7,11,14H2,1-2H3. The molecule has 1 nitrogen and oxygen atoms in total. The highest BCUT2D eigenvalue weighted by Gasteiger charge is 2.23. The lowest BCUT2D eigenvalue weighted by Gasteiger charge is -2.26. The van der Waals surface area contributed by atoms with Crippen molar-refractivity contribution in [3.8, 4) is 11.1 Å². The van der Waals surface area contributed by atoms with E-state index in [9.17, 15) is 0 Å². The van der Waals surface area contributed by atoms with Gasteiger partial charge in [-0.15, -0.1) is 0 Å². The van der Waals surface area contributed by atoms with Crippen molar-refractivity contribution in [1.82, 2.24) is 4.98 Å². The fourth-order valence-corrected chi connectivity index (χ4v) is 5.55. The molecule has 0 spiro atoms. The minimum Gasteiger partial charge on any atom is -0.358 e. The third-order valence-electron chi connectivity index (χ3n) is 6.78. The van der Waals surface area contributed by atoms with E-state index in [0.717, 1.165) is 6.42 Å². The Morgan fingerprint density at radius 2 is 1.76 bits per heavy atom. The number of nitrogens with one attached hydrogen (secondary N) is 1. The van der Waals surface area contributed by atoms with E-state index in [1.165, 1.54) is 80.0 Å². The summed E-state index contributed by atoms with van der Waals surface area (Å²) in [7, 11) is 0. The van der Waals surface area contributed by atoms with Crippen molar-refractivity contribution in [2.45, 2.75) is 39.5 Å². The lowest BCUT2D eigenvalue weighted by Crippen LogP contribution is -2.07. The van der Waals surface area contributed by atoms with E-state index < -0.39 is 0 Å². The smallest absolute Gasteiger partial charge is 0.0462 e. The summed E-state index contributed by atoms with van der Waals surface area (Å²) in [5.41, 5.74) is 12.7. The van der Waals surface area contributed by atoms with Crippen LogP contribution >= 0.6 is 0 Å². The molecular formula is C28H25N. The molecular weight excluding hydrogens is 350 g/mol. The fourth-order valence-electron chi connectivity index (χ4n) is 5.55. The number of aromatic amines is 1. The van der Waals surface area contributed by atoms with Gasteiger partial charge >= 0.3 is 0 Å². The third kappa shape index (κ3) is 2.47. The Morgan fingerprint density at radius 1 is 0.862 bits per heavy atom. The number of hydrogen-bond acceptors (Lipinski definition) is 0. The summed E-state index contributed by atoms with van der Waals surface area (Å²) in [4.78, 5) is 3.61. The maximum Gasteiger partial charge on any atom is 0.0462 e. The molecule has 6 rings (SSSR count).